The van der Waals surface area contributed by atoms with Crippen LogP contribution in [0.15, 0.2) is 72.8 Å². The van der Waals surface area contributed by atoms with E-state index in [2.05, 4.69) is 31.2 Å². The molecule has 3 heteroatoms. The molecule has 0 aliphatic rings. The number of phenolic OH excluding ortho intramolecular Hbond substituents is 3. The van der Waals surface area contributed by atoms with Crippen molar-refractivity contribution >= 4 is 0 Å². The number of benzene rings is 4. The van der Waals surface area contributed by atoms with Gasteiger partial charge in [-0.3, -0.25) is 0 Å². The zero-order valence-corrected chi connectivity index (χ0v) is 20.5. The molecule has 0 saturated carbocycles. The first-order chi connectivity index (χ1) is 16.1. The molecule has 0 heterocycles. The summed E-state index contributed by atoms with van der Waals surface area (Å²) in [4.78, 5) is 0. The Balaban J connectivity index is 1.88. The van der Waals surface area contributed by atoms with Gasteiger partial charge in [-0.15, -0.1) is 0 Å². The van der Waals surface area contributed by atoms with E-state index in [4.69, 9.17) is 0 Å². The molecule has 0 fully saturated rings. The molecule has 0 atom stereocenters. The second kappa shape index (κ2) is 8.90. The van der Waals surface area contributed by atoms with E-state index < -0.39 is 5.41 Å². The fourth-order valence-electron chi connectivity index (χ4n) is 4.94. The van der Waals surface area contributed by atoms with Crippen LogP contribution in [-0.2, 0) is 11.8 Å². The summed E-state index contributed by atoms with van der Waals surface area (Å²) in [5, 5.41) is 31.9. The highest BCUT2D eigenvalue weighted by atomic mass is 16.3. The summed E-state index contributed by atoms with van der Waals surface area (Å²) >= 11 is 0. The molecule has 0 aliphatic carbocycles. The average molecular weight is 453 g/mol. The van der Waals surface area contributed by atoms with Crippen molar-refractivity contribution in [1.82, 2.24) is 0 Å². The molecular weight excluding hydrogens is 420 g/mol. The number of aryl methyl sites for hydroxylation is 4. The molecule has 0 spiro atoms. The molecule has 4 aromatic carbocycles. The van der Waals surface area contributed by atoms with E-state index in [1.165, 1.54) is 0 Å². The fraction of sp³-hybridized carbons (Fsp3) is 0.226. The first kappa shape index (κ1) is 23.4. The van der Waals surface area contributed by atoms with Crippen molar-refractivity contribution < 1.29 is 15.3 Å². The minimum atomic E-state index is -0.765. The Labute approximate surface area is 202 Å². The lowest BCUT2D eigenvalue weighted by molar-refractivity contribution is 0.437. The average Bonchev–Trinajstić information content (AvgIpc) is 2.80. The normalized spacial score (nSPS) is 11.6. The van der Waals surface area contributed by atoms with Crippen LogP contribution in [0.5, 0.6) is 17.2 Å². The van der Waals surface area contributed by atoms with E-state index in [0.717, 1.165) is 56.5 Å². The van der Waals surface area contributed by atoms with Gasteiger partial charge in [-0.2, -0.15) is 0 Å². The van der Waals surface area contributed by atoms with Gasteiger partial charge in [0, 0.05) is 16.5 Å². The van der Waals surface area contributed by atoms with Gasteiger partial charge in [-0.05, 0) is 81.0 Å². The molecule has 0 bridgehead atoms. The number of aromatic hydroxyl groups is 3. The Morgan fingerprint density at radius 1 is 0.588 bits per heavy atom. The predicted octanol–water partition coefficient (Wildman–Crippen LogP) is 6.98. The first-order valence-corrected chi connectivity index (χ1v) is 11.6. The van der Waals surface area contributed by atoms with Gasteiger partial charge >= 0.3 is 0 Å². The maximum atomic E-state index is 11.2. The minimum absolute atomic E-state index is 0.250. The molecule has 0 radical (unpaired) electrons. The molecule has 3 N–H and O–H groups in total. The molecule has 0 aliphatic heterocycles. The summed E-state index contributed by atoms with van der Waals surface area (Å²) < 4.78 is 0. The van der Waals surface area contributed by atoms with Crippen molar-refractivity contribution in [2.75, 3.05) is 0 Å². The smallest absolute Gasteiger partial charge is 0.122 e. The predicted molar refractivity (Wildman–Crippen MR) is 138 cm³/mol. The molecule has 3 nitrogen and oxygen atoms in total. The lowest BCUT2D eigenvalue weighted by atomic mass is 9.69. The maximum Gasteiger partial charge on any atom is 0.122 e. The number of rotatable bonds is 5. The molecule has 34 heavy (non-hydrogen) atoms. The van der Waals surface area contributed by atoms with Crippen molar-refractivity contribution in [3.8, 4) is 17.2 Å². The van der Waals surface area contributed by atoms with Crippen molar-refractivity contribution in [2.24, 2.45) is 0 Å². The van der Waals surface area contributed by atoms with Crippen LogP contribution < -0.4 is 0 Å². The van der Waals surface area contributed by atoms with Gasteiger partial charge in [0.25, 0.3) is 0 Å². The Bertz CT molecular complexity index is 1280. The highest BCUT2D eigenvalue weighted by Gasteiger charge is 2.37. The van der Waals surface area contributed by atoms with Gasteiger partial charge in [-0.1, -0.05) is 71.8 Å². The fourth-order valence-corrected chi connectivity index (χ4v) is 4.94. The zero-order chi connectivity index (χ0) is 24.6. The summed E-state index contributed by atoms with van der Waals surface area (Å²) in [6, 6.07) is 23.6. The maximum absolute atomic E-state index is 11.2. The quantitative estimate of drug-likeness (QED) is 0.286. The molecule has 0 amide bonds. The lowest BCUT2D eigenvalue weighted by Gasteiger charge is -2.34. The van der Waals surface area contributed by atoms with E-state index in [1.807, 2.05) is 64.1 Å². The van der Waals surface area contributed by atoms with Crippen molar-refractivity contribution in [3.05, 3.63) is 123 Å². The summed E-state index contributed by atoms with van der Waals surface area (Å²) in [6.07, 6.45) is 0.751. The van der Waals surface area contributed by atoms with E-state index in [0.29, 0.717) is 0 Å². The Morgan fingerprint density at radius 3 is 1.44 bits per heavy atom. The monoisotopic (exact) mass is 452 g/mol. The third kappa shape index (κ3) is 4.26. The third-order valence-corrected chi connectivity index (χ3v) is 6.84. The van der Waals surface area contributed by atoms with Gasteiger partial charge in [0.2, 0.25) is 0 Å². The van der Waals surface area contributed by atoms with Crippen LogP contribution in [-0.4, -0.2) is 15.3 Å². The van der Waals surface area contributed by atoms with E-state index >= 15 is 0 Å². The molecule has 0 unspecified atom stereocenters. The SMILES string of the molecule is Cc1cc(C)c(O)c(C(C)(c2ccc(Cc3ccc(O)cc3)cc2)c2cc(C)cc(C)c2O)c1. The summed E-state index contributed by atoms with van der Waals surface area (Å²) in [7, 11) is 0. The Kier molecular flexibility index (Phi) is 6.14. The van der Waals surface area contributed by atoms with Crippen molar-refractivity contribution in [2.45, 2.75) is 46.5 Å². The van der Waals surface area contributed by atoms with Crippen molar-refractivity contribution in [1.29, 1.82) is 0 Å². The second-order valence-electron chi connectivity index (χ2n) is 9.62. The Hall–Kier alpha value is -3.72. The van der Waals surface area contributed by atoms with Crippen LogP contribution in [0.1, 0.15) is 57.0 Å². The standard InChI is InChI=1S/C31H32O3/c1-19-14-21(3)29(33)27(16-19)31(5,28-17-20(2)15-22(4)30(28)34)25-10-6-23(7-11-25)18-24-8-12-26(32)13-9-24/h6-17,32-34H,18H2,1-5H3. The molecular formula is C31H32O3. The van der Waals surface area contributed by atoms with Gasteiger partial charge in [0.05, 0.1) is 0 Å². The highest BCUT2D eigenvalue weighted by molar-refractivity contribution is 5.62. The molecule has 0 saturated heterocycles. The summed E-state index contributed by atoms with van der Waals surface area (Å²) in [5.41, 5.74) is 7.78. The van der Waals surface area contributed by atoms with Gasteiger partial charge < -0.3 is 15.3 Å². The molecule has 4 aromatic rings. The second-order valence-corrected chi connectivity index (χ2v) is 9.62. The topological polar surface area (TPSA) is 60.7 Å². The van der Waals surface area contributed by atoms with Crippen LogP contribution in [0.2, 0.25) is 0 Å². The van der Waals surface area contributed by atoms with Gasteiger partial charge in [-0.25, -0.2) is 0 Å². The largest absolute Gasteiger partial charge is 0.508 e. The van der Waals surface area contributed by atoms with Gasteiger partial charge in [0.1, 0.15) is 17.2 Å². The van der Waals surface area contributed by atoms with Crippen LogP contribution in [0.3, 0.4) is 0 Å². The third-order valence-electron chi connectivity index (χ3n) is 6.84. The number of phenols is 3. The van der Waals surface area contributed by atoms with E-state index in [9.17, 15) is 15.3 Å². The minimum Gasteiger partial charge on any atom is -0.508 e. The first-order valence-electron chi connectivity index (χ1n) is 11.6. The van der Waals surface area contributed by atoms with Crippen molar-refractivity contribution in [3.63, 3.8) is 0 Å². The molecule has 174 valence electrons. The van der Waals surface area contributed by atoms with Crippen LogP contribution in [0.25, 0.3) is 0 Å². The van der Waals surface area contributed by atoms with E-state index in [-0.39, 0.29) is 17.2 Å². The number of hydrogen-bond acceptors (Lipinski definition) is 3. The molecule has 0 aromatic heterocycles. The van der Waals surface area contributed by atoms with Gasteiger partial charge in [0.15, 0.2) is 0 Å². The molecule has 4 rings (SSSR count). The van der Waals surface area contributed by atoms with Crippen LogP contribution >= 0.6 is 0 Å². The Morgan fingerprint density at radius 2 is 1.00 bits per heavy atom. The summed E-state index contributed by atoms with van der Waals surface area (Å²) in [5.74, 6) is 0.760. The lowest BCUT2D eigenvalue weighted by Crippen LogP contribution is -2.26. The van der Waals surface area contributed by atoms with Crippen LogP contribution in [0, 0.1) is 27.7 Å². The van der Waals surface area contributed by atoms with E-state index in [1.54, 1.807) is 12.1 Å². The van der Waals surface area contributed by atoms with Crippen LogP contribution in [0.4, 0.5) is 0 Å². The highest BCUT2D eigenvalue weighted by Crippen LogP contribution is 2.48. The number of hydrogen-bond donors (Lipinski definition) is 3. The summed E-state index contributed by atoms with van der Waals surface area (Å²) in [6.45, 7) is 9.95. The zero-order valence-electron chi connectivity index (χ0n) is 20.5.